The smallest absolute Gasteiger partial charge is 0.320 e. The van der Waals surface area contributed by atoms with Gasteiger partial charge in [-0.15, -0.1) is 0 Å². The molecule has 0 radical (unpaired) electrons. The summed E-state index contributed by atoms with van der Waals surface area (Å²) in [5.74, 6) is -0.964. The van der Waals surface area contributed by atoms with Gasteiger partial charge in [-0.25, -0.2) is 0 Å². The second kappa shape index (κ2) is 5.86. The van der Waals surface area contributed by atoms with Gasteiger partial charge in [0.15, 0.2) is 0 Å². The highest BCUT2D eigenvalue weighted by Crippen LogP contribution is 2.19. The first-order chi connectivity index (χ1) is 7.50. The van der Waals surface area contributed by atoms with Gasteiger partial charge < -0.3 is 16.2 Å². The number of rotatable bonds is 5. The van der Waals surface area contributed by atoms with E-state index in [0.29, 0.717) is 13.0 Å². The van der Waals surface area contributed by atoms with E-state index in [2.05, 4.69) is 21.2 Å². The summed E-state index contributed by atoms with van der Waals surface area (Å²) >= 11 is 3.38. The van der Waals surface area contributed by atoms with E-state index >= 15 is 0 Å². The first-order valence-electron chi connectivity index (χ1n) is 4.99. The Balaban J connectivity index is 2.46. The molecule has 0 aromatic heterocycles. The number of aryl methyl sites for hydroxylation is 1. The van der Waals surface area contributed by atoms with E-state index in [1.165, 1.54) is 0 Å². The Morgan fingerprint density at radius 3 is 2.88 bits per heavy atom. The van der Waals surface area contributed by atoms with Gasteiger partial charge in [0.05, 0.1) is 0 Å². The van der Waals surface area contributed by atoms with Crippen LogP contribution < -0.4 is 11.1 Å². The van der Waals surface area contributed by atoms with E-state index in [1.54, 1.807) is 0 Å². The molecule has 0 spiro atoms. The van der Waals surface area contributed by atoms with Crippen LogP contribution in [0, 0.1) is 6.92 Å². The molecule has 0 bridgehead atoms. The molecule has 0 fully saturated rings. The minimum absolute atomic E-state index is 0.408. The molecule has 16 heavy (non-hydrogen) atoms. The lowest BCUT2D eigenvalue weighted by Gasteiger charge is -2.11. The number of nitrogens with one attached hydrogen (secondary N) is 1. The zero-order chi connectivity index (χ0) is 12.1. The third-order valence-electron chi connectivity index (χ3n) is 2.28. The topological polar surface area (TPSA) is 75.3 Å². The molecule has 1 unspecified atom stereocenters. The summed E-state index contributed by atoms with van der Waals surface area (Å²) in [5, 5.41) is 11.8. The predicted octanol–water partition coefficient (Wildman–Crippen LogP) is 1.97. The van der Waals surface area contributed by atoms with Crippen molar-refractivity contribution in [1.29, 1.82) is 0 Å². The van der Waals surface area contributed by atoms with Crippen LogP contribution in [0.2, 0.25) is 0 Å². The zero-order valence-electron chi connectivity index (χ0n) is 9.03. The highest BCUT2D eigenvalue weighted by molar-refractivity contribution is 9.10. The molecule has 5 heteroatoms. The van der Waals surface area contributed by atoms with Crippen LogP contribution >= 0.6 is 15.9 Å². The number of anilines is 1. The Bertz CT molecular complexity index is 382. The molecule has 0 aliphatic heterocycles. The molecule has 0 heterocycles. The Morgan fingerprint density at radius 1 is 1.62 bits per heavy atom. The lowest BCUT2D eigenvalue weighted by Crippen LogP contribution is -2.32. The summed E-state index contributed by atoms with van der Waals surface area (Å²) in [6.45, 7) is 2.54. The molecule has 1 aromatic rings. The van der Waals surface area contributed by atoms with E-state index in [4.69, 9.17) is 10.8 Å². The zero-order valence-corrected chi connectivity index (χ0v) is 10.6. The molecule has 0 aliphatic carbocycles. The fourth-order valence-electron chi connectivity index (χ4n) is 1.31. The number of carboxylic acid groups (broad SMARTS) is 1. The van der Waals surface area contributed by atoms with E-state index in [0.717, 1.165) is 15.7 Å². The first-order valence-corrected chi connectivity index (χ1v) is 5.78. The van der Waals surface area contributed by atoms with Crippen molar-refractivity contribution in [3.8, 4) is 0 Å². The molecule has 0 aliphatic rings. The molecule has 1 rings (SSSR count). The van der Waals surface area contributed by atoms with Crippen LogP contribution in [-0.2, 0) is 4.79 Å². The van der Waals surface area contributed by atoms with Crippen molar-refractivity contribution in [3.63, 3.8) is 0 Å². The van der Waals surface area contributed by atoms with Gasteiger partial charge in [0.1, 0.15) is 6.04 Å². The van der Waals surface area contributed by atoms with Gasteiger partial charge >= 0.3 is 5.97 Å². The lowest BCUT2D eigenvalue weighted by molar-refractivity contribution is -0.138. The lowest BCUT2D eigenvalue weighted by atomic mass is 10.2. The second-order valence-electron chi connectivity index (χ2n) is 3.62. The average molecular weight is 287 g/mol. The molecular weight excluding hydrogens is 272 g/mol. The van der Waals surface area contributed by atoms with Gasteiger partial charge in [-0.3, -0.25) is 4.79 Å². The number of carboxylic acids is 1. The van der Waals surface area contributed by atoms with Crippen molar-refractivity contribution in [1.82, 2.24) is 0 Å². The quantitative estimate of drug-likeness (QED) is 0.774. The van der Waals surface area contributed by atoms with Crippen molar-refractivity contribution in [2.24, 2.45) is 5.73 Å². The molecule has 4 nitrogen and oxygen atoms in total. The van der Waals surface area contributed by atoms with Crippen molar-refractivity contribution >= 4 is 27.6 Å². The minimum atomic E-state index is -0.964. The second-order valence-corrected chi connectivity index (χ2v) is 4.54. The molecular formula is C11H15BrN2O2. The summed E-state index contributed by atoms with van der Waals surface area (Å²) in [6.07, 6.45) is 0.408. The van der Waals surface area contributed by atoms with E-state index in [1.807, 2.05) is 25.1 Å². The van der Waals surface area contributed by atoms with Crippen LogP contribution in [0.4, 0.5) is 5.69 Å². The van der Waals surface area contributed by atoms with Gasteiger partial charge in [0, 0.05) is 16.7 Å². The SMILES string of the molecule is Cc1cc(Br)ccc1NCCC(N)C(=O)O. The highest BCUT2D eigenvalue weighted by Gasteiger charge is 2.10. The van der Waals surface area contributed by atoms with Crippen LogP contribution in [0.1, 0.15) is 12.0 Å². The molecule has 0 saturated carbocycles. The molecule has 1 aromatic carbocycles. The maximum Gasteiger partial charge on any atom is 0.320 e. The molecule has 1 atom stereocenters. The van der Waals surface area contributed by atoms with Gasteiger partial charge in [-0.1, -0.05) is 15.9 Å². The number of aliphatic carboxylic acids is 1. The Labute approximate surface area is 103 Å². The summed E-state index contributed by atoms with van der Waals surface area (Å²) < 4.78 is 1.03. The van der Waals surface area contributed by atoms with E-state index in [-0.39, 0.29) is 0 Å². The van der Waals surface area contributed by atoms with Crippen LogP contribution in [0.5, 0.6) is 0 Å². The third-order valence-corrected chi connectivity index (χ3v) is 2.77. The number of hydrogen-bond donors (Lipinski definition) is 3. The Hall–Kier alpha value is -1.07. The minimum Gasteiger partial charge on any atom is -0.480 e. The van der Waals surface area contributed by atoms with Crippen LogP contribution in [-0.4, -0.2) is 23.7 Å². The monoisotopic (exact) mass is 286 g/mol. The first kappa shape index (κ1) is 13.0. The highest BCUT2D eigenvalue weighted by atomic mass is 79.9. The molecule has 0 saturated heterocycles. The molecule has 88 valence electrons. The maximum absolute atomic E-state index is 10.5. The van der Waals surface area contributed by atoms with Gasteiger partial charge in [0.25, 0.3) is 0 Å². The number of nitrogens with two attached hydrogens (primary N) is 1. The summed E-state index contributed by atoms with van der Waals surface area (Å²) in [5.41, 5.74) is 7.51. The summed E-state index contributed by atoms with van der Waals surface area (Å²) in [7, 11) is 0. The van der Waals surface area contributed by atoms with E-state index in [9.17, 15) is 4.79 Å². The standard InChI is InChI=1S/C11H15BrN2O2/c1-7-6-8(12)2-3-10(7)14-5-4-9(13)11(15)16/h2-3,6,9,14H,4-5,13H2,1H3,(H,15,16). The number of benzene rings is 1. The van der Waals surface area contributed by atoms with Crippen molar-refractivity contribution in [3.05, 3.63) is 28.2 Å². The van der Waals surface area contributed by atoms with Crippen molar-refractivity contribution < 1.29 is 9.90 Å². The number of halogens is 1. The molecule has 0 amide bonds. The molecule has 4 N–H and O–H groups in total. The van der Waals surface area contributed by atoms with Crippen molar-refractivity contribution in [2.45, 2.75) is 19.4 Å². The number of hydrogen-bond acceptors (Lipinski definition) is 3. The van der Waals surface area contributed by atoms with Crippen LogP contribution in [0.15, 0.2) is 22.7 Å². The van der Waals surface area contributed by atoms with E-state index < -0.39 is 12.0 Å². The predicted molar refractivity (Wildman–Crippen MR) is 67.6 cm³/mol. The van der Waals surface area contributed by atoms with Gasteiger partial charge in [-0.2, -0.15) is 0 Å². The third kappa shape index (κ3) is 3.83. The Morgan fingerprint density at radius 2 is 2.31 bits per heavy atom. The average Bonchev–Trinajstić information content (AvgIpc) is 2.20. The fraction of sp³-hybridized carbons (Fsp3) is 0.364. The van der Waals surface area contributed by atoms with Gasteiger partial charge in [-0.05, 0) is 37.1 Å². The maximum atomic E-state index is 10.5. The summed E-state index contributed by atoms with van der Waals surface area (Å²) in [4.78, 5) is 10.5. The fourth-order valence-corrected chi connectivity index (χ4v) is 1.79. The summed E-state index contributed by atoms with van der Waals surface area (Å²) in [6, 6.07) is 5.08. The van der Waals surface area contributed by atoms with Gasteiger partial charge in [0.2, 0.25) is 0 Å². The Kier molecular flexibility index (Phi) is 4.76. The largest absolute Gasteiger partial charge is 0.480 e. The van der Waals surface area contributed by atoms with Crippen molar-refractivity contribution in [2.75, 3.05) is 11.9 Å². The normalized spacial score (nSPS) is 12.2. The van der Waals surface area contributed by atoms with Crippen LogP contribution in [0.3, 0.4) is 0 Å². The van der Waals surface area contributed by atoms with Crippen LogP contribution in [0.25, 0.3) is 0 Å². The number of carbonyl (C=O) groups is 1.